The third-order valence-electron chi connectivity index (χ3n) is 2.02. The lowest BCUT2D eigenvalue weighted by Gasteiger charge is -2.04. The molecule has 0 spiro atoms. The van der Waals surface area contributed by atoms with Gasteiger partial charge in [0.15, 0.2) is 0 Å². The maximum absolute atomic E-state index is 10.8. The molecular weight excluding hydrogens is 212 g/mol. The molecule has 8 nitrogen and oxygen atoms in total. The summed E-state index contributed by atoms with van der Waals surface area (Å²) in [4.78, 5) is 21.6. The van der Waals surface area contributed by atoms with Gasteiger partial charge in [0.25, 0.3) is 0 Å². The molecular formula is C8H8N6O2. The third-order valence-corrected chi connectivity index (χ3v) is 2.02. The van der Waals surface area contributed by atoms with Crippen LogP contribution in [0, 0.1) is 17.0 Å². The van der Waals surface area contributed by atoms with Crippen molar-refractivity contribution in [3.63, 3.8) is 0 Å². The van der Waals surface area contributed by atoms with Crippen LogP contribution in [-0.4, -0.2) is 24.4 Å². The molecule has 2 N–H and O–H groups in total. The molecule has 0 atom stereocenters. The average molecular weight is 220 g/mol. The molecule has 2 rings (SSSR count). The van der Waals surface area contributed by atoms with Gasteiger partial charge in [0.1, 0.15) is 12.0 Å². The standard InChI is InChI=1S/C8H8N6O2/c1-5-10-2-3-13(5)7-6(14(15)16)4-11-8(9)12-7/h2-4H,1H3,(H2,9,11,12). The molecule has 0 bridgehead atoms. The van der Waals surface area contributed by atoms with E-state index in [9.17, 15) is 10.1 Å². The second-order valence-electron chi connectivity index (χ2n) is 3.04. The minimum Gasteiger partial charge on any atom is -0.368 e. The lowest BCUT2D eigenvalue weighted by Crippen LogP contribution is -2.07. The van der Waals surface area contributed by atoms with Crippen LogP contribution < -0.4 is 5.73 Å². The molecule has 0 aromatic carbocycles. The number of aromatic nitrogens is 4. The van der Waals surface area contributed by atoms with E-state index >= 15 is 0 Å². The molecule has 0 unspecified atom stereocenters. The summed E-state index contributed by atoms with van der Waals surface area (Å²) in [7, 11) is 0. The van der Waals surface area contributed by atoms with Gasteiger partial charge >= 0.3 is 5.69 Å². The molecule has 2 aromatic heterocycles. The van der Waals surface area contributed by atoms with Crippen molar-refractivity contribution in [1.82, 2.24) is 19.5 Å². The molecule has 8 heteroatoms. The highest BCUT2D eigenvalue weighted by Gasteiger charge is 2.19. The number of nitrogen functional groups attached to an aromatic ring is 1. The highest BCUT2D eigenvalue weighted by atomic mass is 16.6. The normalized spacial score (nSPS) is 10.3. The van der Waals surface area contributed by atoms with Crippen molar-refractivity contribution in [1.29, 1.82) is 0 Å². The van der Waals surface area contributed by atoms with Gasteiger partial charge in [-0.2, -0.15) is 4.98 Å². The summed E-state index contributed by atoms with van der Waals surface area (Å²) in [6.07, 6.45) is 4.18. The van der Waals surface area contributed by atoms with Gasteiger partial charge in [-0.25, -0.2) is 9.97 Å². The van der Waals surface area contributed by atoms with Crippen LogP contribution >= 0.6 is 0 Å². The van der Waals surface area contributed by atoms with E-state index in [1.54, 1.807) is 13.1 Å². The monoisotopic (exact) mass is 220 g/mol. The number of aryl methyl sites for hydroxylation is 1. The first-order valence-electron chi connectivity index (χ1n) is 4.37. The fourth-order valence-corrected chi connectivity index (χ4v) is 1.29. The Bertz CT molecular complexity index is 549. The Morgan fingerprint density at radius 3 is 2.81 bits per heavy atom. The van der Waals surface area contributed by atoms with E-state index in [1.165, 1.54) is 10.8 Å². The summed E-state index contributed by atoms with van der Waals surface area (Å²) in [6, 6.07) is 0. The van der Waals surface area contributed by atoms with Crippen molar-refractivity contribution >= 4 is 11.6 Å². The summed E-state index contributed by atoms with van der Waals surface area (Å²) in [5.41, 5.74) is 5.19. The molecule has 0 aliphatic rings. The molecule has 0 aliphatic carbocycles. The maximum atomic E-state index is 10.8. The zero-order valence-electron chi connectivity index (χ0n) is 8.36. The first-order chi connectivity index (χ1) is 7.59. The fourth-order valence-electron chi connectivity index (χ4n) is 1.29. The second-order valence-corrected chi connectivity index (χ2v) is 3.04. The number of imidazole rings is 1. The van der Waals surface area contributed by atoms with Crippen molar-refractivity contribution in [2.75, 3.05) is 5.73 Å². The number of hydrogen-bond acceptors (Lipinski definition) is 6. The van der Waals surface area contributed by atoms with Crippen LogP contribution in [0.15, 0.2) is 18.6 Å². The molecule has 0 saturated carbocycles. The van der Waals surface area contributed by atoms with Crippen molar-refractivity contribution in [2.45, 2.75) is 6.92 Å². The van der Waals surface area contributed by atoms with Crippen molar-refractivity contribution in [2.24, 2.45) is 0 Å². The van der Waals surface area contributed by atoms with E-state index in [1.807, 2.05) is 0 Å². The van der Waals surface area contributed by atoms with E-state index in [-0.39, 0.29) is 17.5 Å². The number of nitrogens with zero attached hydrogens (tertiary/aromatic N) is 5. The minimum atomic E-state index is -0.561. The van der Waals surface area contributed by atoms with Crippen LogP contribution in [0.1, 0.15) is 5.82 Å². The first-order valence-corrected chi connectivity index (χ1v) is 4.37. The predicted molar refractivity (Wildman–Crippen MR) is 55.0 cm³/mol. The second kappa shape index (κ2) is 3.57. The van der Waals surface area contributed by atoms with Gasteiger partial charge in [-0.3, -0.25) is 14.7 Å². The molecule has 2 heterocycles. The Labute approximate surface area is 89.9 Å². The van der Waals surface area contributed by atoms with Crippen LogP contribution in [0.2, 0.25) is 0 Å². The SMILES string of the molecule is Cc1nccn1-c1nc(N)ncc1[N+](=O)[O-]. The molecule has 0 radical (unpaired) electrons. The Balaban J connectivity index is 2.67. The highest BCUT2D eigenvalue weighted by molar-refractivity contribution is 5.48. The summed E-state index contributed by atoms with van der Waals surface area (Å²) < 4.78 is 1.48. The minimum absolute atomic E-state index is 0.0197. The van der Waals surface area contributed by atoms with E-state index in [4.69, 9.17) is 5.73 Å². The molecule has 0 saturated heterocycles. The van der Waals surface area contributed by atoms with Crippen molar-refractivity contribution in [3.05, 3.63) is 34.5 Å². The molecule has 0 aliphatic heterocycles. The van der Waals surface area contributed by atoms with E-state index < -0.39 is 4.92 Å². The highest BCUT2D eigenvalue weighted by Crippen LogP contribution is 2.20. The maximum Gasteiger partial charge on any atom is 0.330 e. The van der Waals surface area contributed by atoms with Gasteiger partial charge in [-0.05, 0) is 6.92 Å². The van der Waals surface area contributed by atoms with Gasteiger partial charge in [-0.15, -0.1) is 0 Å². The molecule has 82 valence electrons. The molecule has 16 heavy (non-hydrogen) atoms. The Kier molecular flexibility index (Phi) is 2.24. The van der Waals surface area contributed by atoms with E-state index in [2.05, 4.69) is 15.0 Å². The summed E-state index contributed by atoms with van der Waals surface area (Å²) in [5.74, 6) is 0.683. The van der Waals surface area contributed by atoms with Crippen LogP contribution in [0.3, 0.4) is 0 Å². The molecule has 2 aromatic rings. The third kappa shape index (κ3) is 1.56. The van der Waals surface area contributed by atoms with Crippen molar-refractivity contribution < 1.29 is 4.92 Å². The lowest BCUT2D eigenvalue weighted by molar-refractivity contribution is -0.385. The fraction of sp³-hybridized carbons (Fsp3) is 0.125. The summed E-state index contributed by atoms with van der Waals surface area (Å²) in [5, 5.41) is 10.8. The van der Waals surface area contributed by atoms with Gasteiger partial charge in [-0.1, -0.05) is 0 Å². The van der Waals surface area contributed by atoms with Gasteiger partial charge in [0, 0.05) is 12.4 Å². The Morgan fingerprint density at radius 2 is 2.25 bits per heavy atom. The summed E-state index contributed by atoms with van der Waals surface area (Å²) >= 11 is 0. The molecule has 0 fully saturated rings. The first kappa shape index (κ1) is 10.0. The smallest absolute Gasteiger partial charge is 0.330 e. The largest absolute Gasteiger partial charge is 0.368 e. The van der Waals surface area contributed by atoms with Crippen LogP contribution in [0.25, 0.3) is 5.82 Å². The number of nitrogens with two attached hydrogens (primary N) is 1. The predicted octanol–water partition coefficient (Wildman–Crippen LogP) is 0.461. The number of anilines is 1. The number of hydrogen-bond donors (Lipinski definition) is 1. The quantitative estimate of drug-likeness (QED) is 0.581. The molecule has 0 amide bonds. The van der Waals surface area contributed by atoms with Gasteiger partial charge < -0.3 is 5.73 Å². The Morgan fingerprint density at radius 1 is 1.50 bits per heavy atom. The number of rotatable bonds is 2. The van der Waals surface area contributed by atoms with E-state index in [0.717, 1.165) is 6.20 Å². The van der Waals surface area contributed by atoms with Crippen LogP contribution in [-0.2, 0) is 0 Å². The summed E-state index contributed by atoms with van der Waals surface area (Å²) in [6.45, 7) is 1.71. The Hall–Kier alpha value is -2.51. The van der Waals surface area contributed by atoms with Gasteiger partial charge in [0.2, 0.25) is 11.8 Å². The average Bonchev–Trinajstić information content (AvgIpc) is 2.63. The number of nitro groups is 1. The van der Waals surface area contributed by atoms with Crippen molar-refractivity contribution in [3.8, 4) is 5.82 Å². The lowest BCUT2D eigenvalue weighted by atomic mass is 10.4. The zero-order valence-corrected chi connectivity index (χ0v) is 8.36. The van der Waals surface area contributed by atoms with Crippen LogP contribution in [0.5, 0.6) is 0 Å². The topological polar surface area (TPSA) is 113 Å². The zero-order chi connectivity index (χ0) is 11.7. The van der Waals surface area contributed by atoms with E-state index in [0.29, 0.717) is 5.82 Å². The van der Waals surface area contributed by atoms with Crippen LogP contribution in [0.4, 0.5) is 11.6 Å². The van der Waals surface area contributed by atoms with Gasteiger partial charge in [0.05, 0.1) is 4.92 Å².